The standard InChI is InChI=1S/C17H20ClN3O/c1-12-3-7-20-16(11-12)22-14-5-9-21(10-6-14)15-4-8-19-13(2)17(15)18/h3-4,7-8,11,14H,5-6,9-10H2,1-2H3. The Labute approximate surface area is 136 Å². The van der Waals surface area contributed by atoms with Crippen LogP contribution < -0.4 is 9.64 Å². The lowest BCUT2D eigenvalue weighted by molar-refractivity contribution is 0.164. The molecule has 5 heteroatoms. The molecule has 2 aromatic heterocycles. The number of aromatic nitrogens is 2. The van der Waals surface area contributed by atoms with E-state index in [0.717, 1.165) is 48.2 Å². The molecule has 0 saturated carbocycles. The number of hydrogen-bond donors (Lipinski definition) is 0. The molecule has 0 atom stereocenters. The molecule has 3 heterocycles. The van der Waals surface area contributed by atoms with Crippen LogP contribution in [0.3, 0.4) is 0 Å². The van der Waals surface area contributed by atoms with Crippen molar-refractivity contribution in [2.45, 2.75) is 32.8 Å². The van der Waals surface area contributed by atoms with E-state index in [1.807, 2.05) is 38.2 Å². The Bertz CT molecular complexity index is 654. The quantitative estimate of drug-likeness (QED) is 0.863. The normalized spacial score (nSPS) is 15.9. The van der Waals surface area contributed by atoms with E-state index in [2.05, 4.69) is 14.9 Å². The fraction of sp³-hybridized carbons (Fsp3) is 0.412. The average molecular weight is 318 g/mol. The Morgan fingerprint density at radius 3 is 2.59 bits per heavy atom. The number of piperidine rings is 1. The van der Waals surface area contributed by atoms with E-state index in [9.17, 15) is 0 Å². The largest absolute Gasteiger partial charge is 0.474 e. The molecule has 22 heavy (non-hydrogen) atoms. The van der Waals surface area contributed by atoms with Crippen LogP contribution in [0, 0.1) is 13.8 Å². The fourth-order valence-corrected chi connectivity index (χ4v) is 2.97. The van der Waals surface area contributed by atoms with Crippen molar-refractivity contribution in [2.75, 3.05) is 18.0 Å². The summed E-state index contributed by atoms with van der Waals surface area (Å²) in [4.78, 5) is 10.8. The number of nitrogens with zero attached hydrogens (tertiary/aromatic N) is 3. The van der Waals surface area contributed by atoms with Crippen LogP contribution in [0.5, 0.6) is 5.88 Å². The molecule has 4 nitrogen and oxygen atoms in total. The third kappa shape index (κ3) is 3.33. The molecule has 1 saturated heterocycles. The highest BCUT2D eigenvalue weighted by atomic mass is 35.5. The van der Waals surface area contributed by atoms with Gasteiger partial charge in [0.05, 0.1) is 16.4 Å². The minimum absolute atomic E-state index is 0.215. The van der Waals surface area contributed by atoms with Gasteiger partial charge in [-0.1, -0.05) is 11.6 Å². The lowest BCUT2D eigenvalue weighted by Gasteiger charge is -2.34. The van der Waals surface area contributed by atoms with Gasteiger partial charge in [0.2, 0.25) is 5.88 Å². The van der Waals surface area contributed by atoms with Crippen molar-refractivity contribution in [1.82, 2.24) is 9.97 Å². The predicted octanol–water partition coefficient (Wildman–Crippen LogP) is 3.79. The zero-order valence-electron chi connectivity index (χ0n) is 12.9. The lowest BCUT2D eigenvalue weighted by atomic mass is 10.1. The van der Waals surface area contributed by atoms with E-state index >= 15 is 0 Å². The number of anilines is 1. The maximum atomic E-state index is 6.36. The zero-order valence-corrected chi connectivity index (χ0v) is 13.7. The third-order valence-electron chi connectivity index (χ3n) is 4.00. The molecule has 1 aliphatic heterocycles. The van der Waals surface area contributed by atoms with Gasteiger partial charge in [-0.25, -0.2) is 4.98 Å². The Hall–Kier alpha value is -1.81. The fourth-order valence-electron chi connectivity index (χ4n) is 2.74. The minimum atomic E-state index is 0.215. The van der Waals surface area contributed by atoms with E-state index in [0.29, 0.717) is 0 Å². The molecule has 0 N–H and O–H groups in total. The second-order valence-electron chi connectivity index (χ2n) is 5.71. The summed E-state index contributed by atoms with van der Waals surface area (Å²) < 4.78 is 5.99. The molecule has 1 fully saturated rings. The molecule has 0 unspecified atom stereocenters. The first-order valence-corrected chi connectivity index (χ1v) is 7.96. The second kappa shape index (κ2) is 6.53. The summed E-state index contributed by atoms with van der Waals surface area (Å²) in [6.45, 7) is 5.84. The summed E-state index contributed by atoms with van der Waals surface area (Å²) in [6, 6.07) is 5.94. The summed E-state index contributed by atoms with van der Waals surface area (Å²) in [5, 5.41) is 0.752. The summed E-state index contributed by atoms with van der Waals surface area (Å²) in [7, 11) is 0. The van der Waals surface area contributed by atoms with Gasteiger partial charge in [-0.3, -0.25) is 4.98 Å². The third-order valence-corrected chi connectivity index (χ3v) is 4.47. The predicted molar refractivity (Wildman–Crippen MR) is 88.8 cm³/mol. The van der Waals surface area contributed by atoms with Crippen molar-refractivity contribution in [2.24, 2.45) is 0 Å². The van der Waals surface area contributed by atoms with Gasteiger partial charge in [-0.05, 0) is 31.5 Å². The molecule has 0 aromatic carbocycles. The molecular formula is C17H20ClN3O. The van der Waals surface area contributed by atoms with Crippen LogP contribution in [0.15, 0.2) is 30.6 Å². The molecule has 116 valence electrons. The van der Waals surface area contributed by atoms with E-state index in [4.69, 9.17) is 16.3 Å². The van der Waals surface area contributed by atoms with Crippen LogP contribution in [0.4, 0.5) is 5.69 Å². The lowest BCUT2D eigenvalue weighted by Crippen LogP contribution is -2.38. The number of pyridine rings is 2. The Kier molecular flexibility index (Phi) is 4.48. The summed E-state index contributed by atoms with van der Waals surface area (Å²) in [6.07, 6.45) is 5.75. The van der Waals surface area contributed by atoms with Gasteiger partial charge >= 0.3 is 0 Å². The highest BCUT2D eigenvalue weighted by molar-refractivity contribution is 6.33. The SMILES string of the molecule is Cc1ccnc(OC2CCN(c3ccnc(C)c3Cl)CC2)c1. The Morgan fingerprint density at radius 2 is 1.86 bits per heavy atom. The van der Waals surface area contributed by atoms with Crippen molar-refractivity contribution >= 4 is 17.3 Å². The number of rotatable bonds is 3. The van der Waals surface area contributed by atoms with Gasteiger partial charge in [-0.15, -0.1) is 0 Å². The minimum Gasteiger partial charge on any atom is -0.474 e. The van der Waals surface area contributed by atoms with Crippen LogP contribution in [0.1, 0.15) is 24.1 Å². The molecule has 2 aromatic rings. The van der Waals surface area contributed by atoms with E-state index in [-0.39, 0.29) is 6.10 Å². The van der Waals surface area contributed by atoms with E-state index < -0.39 is 0 Å². The number of hydrogen-bond acceptors (Lipinski definition) is 4. The topological polar surface area (TPSA) is 38.2 Å². The smallest absolute Gasteiger partial charge is 0.213 e. The summed E-state index contributed by atoms with van der Waals surface area (Å²) >= 11 is 6.36. The maximum absolute atomic E-state index is 6.36. The molecule has 0 radical (unpaired) electrons. The van der Waals surface area contributed by atoms with Gasteiger partial charge in [-0.2, -0.15) is 0 Å². The molecular weight excluding hydrogens is 298 g/mol. The van der Waals surface area contributed by atoms with Crippen LogP contribution in [0.2, 0.25) is 5.02 Å². The molecule has 0 spiro atoms. The van der Waals surface area contributed by atoms with E-state index in [1.54, 1.807) is 6.20 Å². The van der Waals surface area contributed by atoms with Gasteiger partial charge in [0, 0.05) is 44.4 Å². The van der Waals surface area contributed by atoms with Crippen LogP contribution in [0.25, 0.3) is 0 Å². The number of aryl methyl sites for hydroxylation is 2. The van der Waals surface area contributed by atoms with Gasteiger partial charge < -0.3 is 9.64 Å². The highest BCUT2D eigenvalue weighted by Crippen LogP contribution is 2.30. The molecule has 0 amide bonds. The van der Waals surface area contributed by atoms with Crippen molar-refractivity contribution in [3.05, 3.63) is 46.9 Å². The Balaban J connectivity index is 1.62. The highest BCUT2D eigenvalue weighted by Gasteiger charge is 2.23. The first-order valence-electron chi connectivity index (χ1n) is 7.59. The number of halogens is 1. The molecule has 0 aliphatic carbocycles. The van der Waals surface area contributed by atoms with E-state index in [1.165, 1.54) is 5.56 Å². The van der Waals surface area contributed by atoms with Crippen molar-refractivity contribution < 1.29 is 4.74 Å². The maximum Gasteiger partial charge on any atom is 0.213 e. The van der Waals surface area contributed by atoms with Crippen molar-refractivity contribution in [3.63, 3.8) is 0 Å². The van der Waals surface area contributed by atoms with Gasteiger partial charge in [0.1, 0.15) is 6.10 Å². The van der Waals surface area contributed by atoms with Crippen LogP contribution in [-0.4, -0.2) is 29.2 Å². The average Bonchev–Trinajstić information content (AvgIpc) is 2.51. The summed E-state index contributed by atoms with van der Waals surface area (Å²) in [5.74, 6) is 0.719. The molecule has 0 bridgehead atoms. The molecule has 3 rings (SSSR count). The Morgan fingerprint density at radius 1 is 1.14 bits per heavy atom. The van der Waals surface area contributed by atoms with Gasteiger partial charge in [0.15, 0.2) is 0 Å². The zero-order chi connectivity index (χ0) is 15.5. The number of ether oxygens (including phenoxy) is 1. The van der Waals surface area contributed by atoms with Crippen molar-refractivity contribution in [1.29, 1.82) is 0 Å². The monoisotopic (exact) mass is 317 g/mol. The van der Waals surface area contributed by atoms with Crippen LogP contribution >= 0.6 is 11.6 Å². The molecule has 1 aliphatic rings. The van der Waals surface area contributed by atoms with Crippen LogP contribution in [-0.2, 0) is 0 Å². The van der Waals surface area contributed by atoms with Crippen molar-refractivity contribution in [3.8, 4) is 5.88 Å². The van der Waals surface area contributed by atoms with Gasteiger partial charge in [0.25, 0.3) is 0 Å². The second-order valence-corrected chi connectivity index (χ2v) is 6.08. The first-order chi connectivity index (χ1) is 10.6. The first kappa shape index (κ1) is 15.1. The summed E-state index contributed by atoms with van der Waals surface area (Å²) in [5.41, 5.74) is 3.12.